The highest BCUT2D eigenvalue weighted by Crippen LogP contribution is 2.15. The average Bonchev–Trinajstić information content (AvgIpc) is 2.86. The summed E-state index contributed by atoms with van der Waals surface area (Å²) in [4.78, 5) is 59.9. The number of rotatable bonds is 14. The standard InChI is InChI=1S/C23H32N2O9/c1-31-19(27)14-17(21(28)32-2)20(22(29)33-3)25-18(26)12-8-5-9-13-24-23(30)34-15-16-10-6-4-7-11-16/h4,6-7,10-11,17,20H,5,8-9,12-15H2,1-3H3,(H,24,30)(H,25,26)/t17-,20-/m1/s1. The van der Waals surface area contributed by atoms with Crippen LogP contribution in [0.2, 0.25) is 0 Å². The van der Waals surface area contributed by atoms with Gasteiger partial charge < -0.3 is 29.6 Å². The molecule has 0 bridgehead atoms. The molecule has 2 atom stereocenters. The molecular formula is C23H32N2O9. The molecule has 0 aliphatic heterocycles. The predicted octanol–water partition coefficient (Wildman–Crippen LogP) is 1.48. The lowest BCUT2D eigenvalue weighted by atomic mass is 9.95. The molecule has 0 unspecified atom stereocenters. The molecule has 0 saturated carbocycles. The van der Waals surface area contributed by atoms with Crippen LogP contribution in [-0.4, -0.2) is 63.8 Å². The maximum Gasteiger partial charge on any atom is 0.407 e. The van der Waals surface area contributed by atoms with E-state index >= 15 is 0 Å². The first-order valence-electron chi connectivity index (χ1n) is 10.8. The molecule has 11 nitrogen and oxygen atoms in total. The number of hydrogen-bond donors (Lipinski definition) is 2. The summed E-state index contributed by atoms with van der Waals surface area (Å²) in [5.41, 5.74) is 0.884. The number of amides is 2. The highest BCUT2D eigenvalue weighted by Gasteiger charge is 2.38. The number of ether oxygens (including phenoxy) is 4. The number of unbranched alkanes of at least 4 members (excludes halogenated alkanes) is 2. The fourth-order valence-electron chi connectivity index (χ4n) is 3.00. The number of esters is 3. The van der Waals surface area contributed by atoms with Crippen molar-refractivity contribution in [2.45, 2.75) is 44.8 Å². The van der Waals surface area contributed by atoms with Crippen molar-refractivity contribution in [1.29, 1.82) is 0 Å². The summed E-state index contributed by atoms with van der Waals surface area (Å²) in [6, 6.07) is 7.89. The van der Waals surface area contributed by atoms with E-state index in [1.54, 1.807) is 0 Å². The van der Waals surface area contributed by atoms with Gasteiger partial charge in [0.15, 0.2) is 0 Å². The minimum Gasteiger partial charge on any atom is -0.469 e. The Hall–Kier alpha value is -3.63. The normalized spacial score (nSPS) is 12.0. The summed E-state index contributed by atoms with van der Waals surface area (Å²) in [6.07, 6.45) is 0.786. The van der Waals surface area contributed by atoms with E-state index in [2.05, 4.69) is 24.8 Å². The number of nitrogens with one attached hydrogen (secondary N) is 2. The van der Waals surface area contributed by atoms with Crippen molar-refractivity contribution in [3.8, 4) is 0 Å². The van der Waals surface area contributed by atoms with Gasteiger partial charge in [0.1, 0.15) is 12.6 Å². The van der Waals surface area contributed by atoms with Crippen molar-refractivity contribution < 1.29 is 42.9 Å². The molecule has 0 aliphatic carbocycles. The van der Waals surface area contributed by atoms with Crippen molar-refractivity contribution in [3.63, 3.8) is 0 Å². The third kappa shape index (κ3) is 10.8. The Kier molecular flexibility index (Phi) is 13.4. The SMILES string of the molecule is COC(=O)C[C@@H](C(=O)OC)[C@@H](NC(=O)CCCCCNC(=O)OCc1ccccc1)C(=O)OC. The third-order valence-electron chi connectivity index (χ3n) is 4.85. The molecule has 0 heterocycles. The largest absolute Gasteiger partial charge is 0.469 e. The van der Waals surface area contributed by atoms with Crippen LogP contribution in [0.15, 0.2) is 30.3 Å². The van der Waals surface area contributed by atoms with Gasteiger partial charge in [0.2, 0.25) is 5.91 Å². The quantitative estimate of drug-likeness (QED) is 0.230. The van der Waals surface area contributed by atoms with E-state index in [9.17, 15) is 24.0 Å². The second-order valence-electron chi connectivity index (χ2n) is 7.28. The Morgan fingerprint density at radius 1 is 0.853 bits per heavy atom. The van der Waals surface area contributed by atoms with Crippen molar-refractivity contribution >= 4 is 29.9 Å². The second kappa shape index (κ2) is 16.1. The fraction of sp³-hybridized carbons (Fsp3) is 0.522. The lowest BCUT2D eigenvalue weighted by Gasteiger charge is -2.23. The summed E-state index contributed by atoms with van der Waals surface area (Å²) in [5.74, 6) is -4.27. The molecule has 1 aromatic carbocycles. The Morgan fingerprint density at radius 3 is 2.15 bits per heavy atom. The zero-order valence-corrected chi connectivity index (χ0v) is 19.7. The zero-order chi connectivity index (χ0) is 25.3. The van der Waals surface area contributed by atoms with Gasteiger partial charge in [-0.25, -0.2) is 9.59 Å². The molecule has 0 saturated heterocycles. The monoisotopic (exact) mass is 480 g/mol. The number of methoxy groups -OCH3 is 3. The van der Waals surface area contributed by atoms with E-state index in [1.807, 2.05) is 30.3 Å². The van der Waals surface area contributed by atoms with Gasteiger partial charge >= 0.3 is 24.0 Å². The molecule has 34 heavy (non-hydrogen) atoms. The number of carbonyl (C=O) groups is 5. The van der Waals surface area contributed by atoms with Crippen LogP contribution in [0.5, 0.6) is 0 Å². The molecule has 0 spiro atoms. The summed E-state index contributed by atoms with van der Waals surface area (Å²) in [5, 5.41) is 5.08. The molecule has 1 aromatic rings. The van der Waals surface area contributed by atoms with Crippen LogP contribution >= 0.6 is 0 Å². The van der Waals surface area contributed by atoms with Gasteiger partial charge in [0, 0.05) is 13.0 Å². The molecular weight excluding hydrogens is 448 g/mol. The molecule has 11 heteroatoms. The van der Waals surface area contributed by atoms with Gasteiger partial charge in [0.05, 0.1) is 33.7 Å². The smallest absolute Gasteiger partial charge is 0.407 e. The van der Waals surface area contributed by atoms with Gasteiger partial charge in [-0.15, -0.1) is 0 Å². The first kappa shape index (κ1) is 28.4. The van der Waals surface area contributed by atoms with Crippen molar-refractivity contribution in [1.82, 2.24) is 10.6 Å². The van der Waals surface area contributed by atoms with Gasteiger partial charge in [0.25, 0.3) is 0 Å². The maximum atomic E-state index is 12.3. The summed E-state index contributed by atoms with van der Waals surface area (Å²) < 4.78 is 19.0. The highest BCUT2D eigenvalue weighted by molar-refractivity contribution is 5.91. The molecule has 0 aliphatic rings. The number of benzene rings is 1. The average molecular weight is 481 g/mol. The van der Waals surface area contributed by atoms with Crippen LogP contribution in [0.3, 0.4) is 0 Å². The molecule has 0 radical (unpaired) electrons. The maximum absolute atomic E-state index is 12.3. The van der Waals surface area contributed by atoms with Crippen molar-refractivity contribution in [3.05, 3.63) is 35.9 Å². The van der Waals surface area contributed by atoms with E-state index in [1.165, 1.54) is 0 Å². The Balaban J connectivity index is 2.39. The summed E-state index contributed by atoms with van der Waals surface area (Å²) in [6.45, 7) is 0.556. The van der Waals surface area contributed by atoms with Gasteiger partial charge in [-0.2, -0.15) is 0 Å². The molecule has 188 valence electrons. The number of carbonyl (C=O) groups excluding carboxylic acids is 5. The Morgan fingerprint density at radius 2 is 1.53 bits per heavy atom. The first-order valence-corrected chi connectivity index (χ1v) is 10.8. The van der Waals surface area contributed by atoms with E-state index in [-0.39, 0.29) is 13.0 Å². The van der Waals surface area contributed by atoms with Crippen molar-refractivity contribution in [2.24, 2.45) is 5.92 Å². The fourth-order valence-corrected chi connectivity index (χ4v) is 3.00. The predicted molar refractivity (Wildman–Crippen MR) is 119 cm³/mol. The Bertz CT molecular complexity index is 814. The Labute approximate surface area is 198 Å². The molecule has 0 fully saturated rings. The summed E-state index contributed by atoms with van der Waals surface area (Å²) >= 11 is 0. The van der Waals surface area contributed by atoms with Crippen LogP contribution in [0.1, 0.15) is 37.7 Å². The topological polar surface area (TPSA) is 146 Å². The van der Waals surface area contributed by atoms with Crippen LogP contribution in [-0.2, 0) is 44.7 Å². The number of alkyl carbamates (subject to hydrolysis) is 1. The van der Waals surface area contributed by atoms with Gasteiger partial charge in [-0.3, -0.25) is 14.4 Å². The van der Waals surface area contributed by atoms with Crippen LogP contribution in [0.25, 0.3) is 0 Å². The third-order valence-corrected chi connectivity index (χ3v) is 4.85. The first-order chi connectivity index (χ1) is 16.3. The van der Waals surface area contributed by atoms with E-state index < -0.39 is 48.3 Å². The second-order valence-corrected chi connectivity index (χ2v) is 7.28. The minimum atomic E-state index is -1.40. The number of hydrogen-bond acceptors (Lipinski definition) is 9. The molecule has 2 N–H and O–H groups in total. The lowest BCUT2D eigenvalue weighted by molar-refractivity contribution is -0.159. The van der Waals surface area contributed by atoms with Gasteiger partial charge in [-0.1, -0.05) is 36.8 Å². The molecule has 0 aromatic heterocycles. The zero-order valence-electron chi connectivity index (χ0n) is 19.7. The van der Waals surface area contributed by atoms with Crippen molar-refractivity contribution in [2.75, 3.05) is 27.9 Å². The van der Waals surface area contributed by atoms with Crippen LogP contribution in [0.4, 0.5) is 4.79 Å². The van der Waals surface area contributed by atoms with Gasteiger partial charge in [-0.05, 0) is 18.4 Å². The summed E-state index contributed by atoms with van der Waals surface area (Å²) in [7, 11) is 3.35. The van der Waals surface area contributed by atoms with Crippen LogP contribution < -0.4 is 10.6 Å². The van der Waals surface area contributed by atoms with Crippen LogP contribution in [0, 0.1) is 5.92 Å². The lowest BCUT2D eigenvalue weighted by Crippen LogP contribution is -2.50. The minimum absolute atomic E-state index is 0.0675. The molecule has 2 amide bonds. The molecule has 1 rings (SSSR count). The van der Waals surface area contributed by atoms with E-state index in [0.717, 1.165) is 26.9 Å². The highest BCUT2D eigenvalue weighted by atomic mass is 16.5. The van der Waals surface area contributed by atoms with E-state index in [4.69, 9.17) is 4.74 Å². The van der Waals surface area contributed by atoms with E-state index in [0.29, 0.717) is 25.8 Å².